The Balaban J connectivity index is 2.04. The lowest BCUT2D eigenvalue weighted by Gasteiger charge is -2.29. The number of rotatable bonds is 8. The van der Waals surface area contributed by atoms with E-state index < -0.39 is 0 Å². The van der Waals surface area contributed by atoms with Crippen LogP contribution in [-0.4, -0.2) is 49.0 Å². The van der Waals surface area contributed by atoms with Crippen molar-refractivity contribution in [3.05, 3.63) is 59.9 Å². The molecule has 5 nitrogen and oxygen atoms in total. The summed E-state index contributed by atoms with van der Waals surface area (Å²) >= 11 is 0. The quantitative estimate of drug-likeness (QED) is 0.803. The number of amides is 1. The Bertz CT molecular complexity index is 653. The number of carbonyl (C=O) groups excluding carboxylic acids is 1. The van der Waals surface area contributed by atoms with Crippen LogP contribution < -0.4 is 10.2 Å². The molecule has 1 amide bonds. The van der Waals surface area contributed by atoms with E-state index in [0.717, 1.165) is 18.8 Å². The van der Waals surface area contributed by atoms with Crippen molar-refractivity contribution >= 4 is 11.6 Å². The molecule has 0 aliphatic carbocycles. The molecular weight excluding hydrogens is 312 g/mol. The van der Waals surface area contributed by atoms with Gasteiger partial charge in [0.1, 0.15) is 5.69 Å². The van der Waals surface area contributed by atoms with Crippen LogP contribution in [0, 0.1) is 0 Å². The minimum atomic E-state index is -0.132. The van der Waals surface area contributed by atoms with Gasteiger partial charge in [0.2, 0.25) is 0 Å². The van der Waals surface area contributed by atoms with E-state index in [1.807, 2.05) is 43.3 Å². The maximum absolute atomic E-state index is 12.1. The first-order chi connectivity index (χ1) is 12.0. The molecule has 5 heteroatoms. The van der Waals surface area contributed by atoms with Gasteiger partial charge in [0, 0.05) is 25.7 Å². The lowest BCUT2D eigenvalue weighted by Crippen LogP contribution is -2.32. The van der Waals surface area contributed by atoms with Gasteiger partial charge in [0.15, 0.2) is 0 Å². The van der Waals surface area contributed by atoms with Crippen molar-refractivity contribution in [2.75, 3.05) is 32.1 Å². The standard InChI is InChI=1S/C20H28N4O/c1-16(2)24(15-17-8-6-5-7-9-17)18-10-11-19(22-14-18)20(25)21-12-13-23(3)4/h5-11,14,16H,12-13,15H2,1-4H3,(H,21,25). The number of nitrogens with zero attached hydrogens (tertiary/aromatic N) is 3. The van der Waals surface area contributed by atoms with E-state index in [0.29, 0.717) is 18.3 Å². The number of hydrogen-bond donors (Lipinski definition) is 1. The molecule has 1 heterocycles. The van der Waals surface area contributed by atoms with E-state index in [9.17, 15) is 4.79 Å². The number of carbonyl (C=O) groups is 1. The van der Waals surface area contributed by atoms with Crippen LogP contribution in [0.2, 0.25) is 0 Å². The van der Waals surface area contributed by atoms with Crippen LogP contribution in [0.3, 0.4) is 0 Å². The zero-order valence-electron chi connectivity index (χ0n) is 15.6. The Morgan fingerprint density at radius 3 is 2.40 bits per heavy atom. The van der Waals surface area contributed by atoms with Crippen molar-refractivity contribution in [1.29, 1.82) is 0 Å². The van der Waals surface area contributed by atoms with Crippen molar-refractivity contribution in [3.63, 3.8) is 0 Å². The third kappa shape index (κ3) is 5.87. The maximum atomic E-state index is 12.1. The summed E-state index contributed by atoms with van der Waals surface area (Å²) in [4.78, 5) is 20.8. The highest BCUT2D eigenvalue weighted by Gasteiger charge is 2.13. The molecule has 0 spiro atoms. The molecule has 2 rings (SSSR count). The highest BCUT2D eigenvalue weighted by Crippen LogP contribution is 2.19. The number of benzene rings is 1. The molecule has 1 aromatic heterocycles. The van der Waals surface area contributed by atoms with E-state index in [4.69, 9.17) is 0 Å². The average molecular weight is 340 g/mol. The molecule has 0 fully saturated rings. The van der Waals surface area contributed by atoms with E-state index in [1.165, 1.54) is 5.56 Å². The highest BCUT2D eigenvalue weighted by molar-refractivity contribution is 5.92. The number of pyridine rings is 1. The monoisotopic (exact) mass is 340 g/mol. The van der Waals surface area contributed by atoms with Gasteiger partial charge in [-0.05, 0) is 45.6 Å². The summed E-state index contributed by atoms with van der Waals surface area (Å²) in [5, 5.41) is 2.88. The SMILES string of the molecule is CC(C)N(Cc1ccccc1)c1ccc(C(=O)NCCN(C)C)nc1. The van der Waals surface area contributed by atoms with Crippen LogP contribution in [0.25, 0.3) is 0 Å². The van der Waals surface area contributed by atoms with E-state index in [2.05, 4.69) is 41.2 Å². The maximum Gasteiger partial charge on any atom is 0.269 e. The van der Waals surface area contributed by atoms with Gasteiger partial charge in [-0.15, -0.1) is 0 Å². The van der Waals surface area contributed by atoms with Crippen molar-refractivity contribution < 1.29 is 4.79 Å². The number of aromatic nitrogens is 1. The Morgan fingerprint density at radius 1 is 1.12 bits per heavy atom. The largest absolute Gasteiger partial charge is 0.364 e. The second-order valence-electron chi connectivity index (χ2n) is 6.67. The molecule has 134 valence electrons. The fourth-order valence-corrected chi connectivity index (χ4v) is 2.53. The molecule has 2 aromatic rings. The van der Waals surface area contributed by atoms with Crippen molar-refractivity contribution in [3.8, 4) is 0 Å². The fraction of sp³-hybridized carbons (Fsp3) is 0.400. The number of anilines is 1. The fourth-order valence-electron chi connectivity index (χ4n) is 2.53. The minimum absolute atomic E-state index is 0.132. The average Bonchev–Trinajstić information content (AvgIpc) is 2.60. The smallest absolute Gasteiger partial charge is 0.269 e. The van der Waals surface area contributed by atoms with E-state index >= 15 is 0 Å². The summed E-state index contributed by atoms with van der Waals surface area (Å²) in [7, 11) is 3.96. The van der Waals surface area contributed by atoms with Crippen molar-refractivity contribution in [1.82, 2.24) is 15.2 Å². The van der Waals surface area contributed by atoms with E-state index in [1.54, 1.807) is 12.3 Å². The van der Waals surface area contributed by atoms with Crippen LogP contribution in [-0.2, 0) is 6.54 Å². The van der Waals surface area contributed by atoms with Crippen LogP contribution in [0.4, 0.5) is 5.69 Å². The van der Waals surface area contributed by atoms with Crippen LogP contribution in [0.5, 0.6) is 0 Å². The van der Waals surface area contributed by atoms with Gasteiger partial charge in [-0.1, -0.05) is 30.3 Å². The predicted octanol–water partition coefficient (Wildman–Crippen LogP) is 2.79. The third-order valence-corrected chi connectivity index (χ3v) is 3.98. The number of hydrogen-bond acceptors (Lipinski definition) is 4. The minimum Gasteiger partial charge on any atom is -0.364 e. The molecule has 0 saturated heterocycles. The normalized spacial score (nSPS) is 11.0. The van der Waals surface area contributed by atoms with Gasteiger partial charge in [0.05, 0.1) is 11.9 Å². The summed E-state index contributed by atoms with van der Waals surface area (Å²) in [6, 6.07) is 14.5. The lowest BCUT2D eigenvalue weighted by molar-refractivity contribution is 0.0946. The summed E-state index contributed by atoms with van der Waals surface area (Å²) in [5.41, 5.74) is 2.72. The molecule has 25 heavy (non-hydrogen) atoms. The van der Waals surface area contributed by atoms with E-state index in [-0.39, 0.29) is 5.91 Å². The first-order valence-corrected chi connectivity index (χ1v) is 8.67. The Kier molecular flexibility index (Phi) is 6.95. The van der Waals surface area contributed by atoms with Crippen LogP contribution in [0.1, 0.15) is 29.9 Å². The van der Waals surface area contributed by atoms with Gasteiger partial charge in [-0.2, -0.15) is 0 Å². The second-order valence-corrected chi connectivity index (χ2v) is 6.67. The Labute approximate surface area is 150 Å². The molecule has 0 atom stereocenters. The van der Waals surface area contributed by atoms with Gasteiger partial charge < -0.3 is 15.1 Å². The third-order valence-electron chi connectivity index (χ3n) is 3.98. The molecular formula is C20H28N4O. The predicted molar refractivity (Wildman–Crippen MR) is 103 cm³/mol. The molecule has 0 unspecified atom stereocenters. The van der Waals surface area contributed by atoms with Crippen LogP contribution >= 0.6 is 0 Å². The number of nitrogens with one attached hydrogen (secondary N) is 1. The van der Waals surface area contributed by atoms with Gasteiger partial charge in [0.25, 0.3) is 5.91 Å². The first kappa shape index (κ1) is 18.9. The molecule has 0 aliphatic heterocycles. The Morgan fingerprint density at radius 2 is 1.84 bits per heavy atom. The lowest BCUT2D eigenvalue weighted by atomic mass is 10.1. The highest BCUT2D eigenvalue weighted by atomic mass is 16.1. The molecule has 1 aromatic carbocycles. The van der Waals surface area contributed by atoms with Gasteiger partial charge in [-0.25, -0.2) is 4.98 Å². The zero-order valence-corrected chi connectivity index (χ0v) is 15.6. The topological polar surface area (TPSA) is 48.5 Å². The summed E-state index contributed by atoms with van der Waals surface area (Å²) in [6.45, 7) is 6.55. The van der Waals surface area contributed by atoms with Crippen molar-refractivity contribution in [2.45, 2.75) is 26.4 Å². The molecule has 0 saturated carbocycles. The van der Waals surface area contributed by atoms with Crippen LogP contribution in [0.15, 0.2) is 48.7 Å². The number of likely N-dealkylation sites (N-methyl/N-ethyl adjacent to an activating group) is 1. The molecule has 1 N–H and O–H groups in total. The molecule has 0 bridgehead atoms. The Hall–Kier alpha value is -2.40. The first-order valence-electron chi connectivity index (χ1n) is 8.67. The van der Waals surface area contributed by atoms with Crippen molar-refractivity contribution in [2.24, 2.45) is 0 Å². The summed E-state index contributed by atoms with van der Waals surface area (Å²) in [5.74, 6) is -0.132. The second kappa shape index (κ2) is 9.18. The zero-order chi connectivity index (χ0) is 18.2. The molecule has 0 radical (unpaired) electrons. The van der Waals surface area contributed by atoms with Gasteiger partial charge >= 0.3 is 0 Å². The summed E-state index contributed by atoms with van der Waals surface area (Å²) < 4.78 is 0. The molecule has 0 aliphatic rings. The summed E-state index contributed by atoms with van der Waals surface area (Å²) in [6.07, 6.45) is 1.78. The van der Waals surface area contributed by atoms with Gasteiger partial charge in [-0.3, -0.25) is 4.79 Å².